The van der Waals surface area contributed by atoms with E-state index in [4.69, 9.17) is 0 Å². The first kappa shape index (κ1) is 13.0. The standard InChI is InChI=1S/C14H19FN2O/c1-10(11-4-6-12(15)7-5-11)17-13-3-2-8-16-14(18)9-13/h4-7,10,13,17H,2-3,8-9H2,1H3,(H,16,18). The highest BCUT2D eigenvalue weighted by atomic mass is 19.1. The van der Waals surface area contributed by atoms with E-state index in [1.165, 1.54) is 12.1 Å². The van der Waals surface area contributed by atoms with E-state index in [1.54, 1.807) is 12.1 Å². The zero-order valence-electron chi connectivity index (χ0n) is 10.6. The number of rotatable bonds is 3. The summed E-state index contributed by atoms with van der Waals surface area (Å²) in [4.78, 5) is 11.5. The van der Waals surface area contributed by atoms with E-state index in [-0.39, 0.29) is 23.8 Å². The average molecular weight is 250 g/mol. The van der Waals surface area contributed by atoms with E-state index in [2.05, 4.69) is 10.6 Å². The lowest BCUT2D eigenvalue weighted by Crippen LogP contribution is -2.34. The normalized spacial score (nSPS) is 22.1. The van der Waals surface area contributed by atoms with Crippen LogP contribution in [0.5, 0.6) is 0 Å². The first-order valence-electron chi connectivity index (χ1n) is 6.43. The summed E-state index contributed by atoms with van der Waals surface area (Å²) in [6.07, 6.45) is 2.51. The molecule has 1 saturated heterocycles. The quantitative estimate of drug-likeness (QED) is 0.863. The van der Waals surface area contributed by atoms with E-state index in [0.29, 0.717) is 6.42 Å². The molecular formula is C14H19FN2O. The highest BCUT2D eigenvalue weighted by Gasteiger charge is 2.19. The summed E-state index contributed by atoms with van der Waals surface area (Å²) in [7, 11) is 0. The van der Waals surface area contributed by atoms with Gasteiger partial charge in [0, 0.05) is 25.0 Å². The number of hydrogen-bond donors (Lipinski definition) is 2. The minimum Gasteiger partial charge on any atom is -0.356 e. The van der Waals surface area contributed by atoms with Crippen molar-refractivity contribution < 1.29 is 9.18 Å². The van der Waals surface area contributed by atoms with Gasteiger partial charge in [0.15, 0.2) is 0 Å². The third-order valence-corrected chi connectivity index (χ3v) is 3.34. The van der Waals surface area contributed by atoms with Crippen LogP contribution in [0.1, 0.15) is 37.8 Å². The molecule has 1 amide bonds. The van der Waals surface area contributed by atoms with Crippen LogP contribution in [0, 0.1) is 5.82 Å². The Hall–Kier alpha value is -1.42. The first-order valence-corrected chi connectivity index (χ1v) is 6.43. The lowest BCUT2D eigenvalue weighted by atomic mass is 10.0. The van der Waals surface area contributed by atoms with Gasteiger partial charge in [0.1, 0.15) is 5.82 Å². The number of halogens is 1. The molecule has 1 aromatic carbocycles. The maximum Gasteiger partial charge on any atom is 0.221 e. The average Bonchev–Trinajstić information content (AvgIpc) is 2.54. The molecule has 1 fully saturated rings. The summed E-state index contributed by atoms with van der Waals surface area (Å²) in [5, 5.41) is 6.31. The Kier molecular flexibility index (Phi) is 4.31. The molecule has 1 aromatic rings. The van der Waals surface area contributed by atoms with E-state index < -0.39 is 0 Å². The Morgan fingerprint density at radius 2 is 2.11 bits per heavy atom. The highest BCUT2D eigenvalue weighted by Crippen LogP contribution is 2.16. The van der Waals surface area contributed by atoms with Gasteiger partial charge < -0.3 is 10.6 Å². The topological polar surface area (TPSA) is 41.1 Å². The molecule has 3 nitrogen and oxygen atoms in total. The molecule has 0 radical (unpaired) electrons. The van der Waals surface area contributed by atoms with Crippen LogP contribution in [-0.4, -0.2) is 18.5 Å². The van der Waals surface area contributed by atoms with Crippen molar-refractivity contribution in [2.24, 2.45) is 0 Å². The molecule has 0 aromatic heterocycles. The monoisotopic (exact) mass is 250 g/mol. The largest absolute Gasteiger partial charge is 0.356 e. The lowest BCUT2D eigenvalue weighted by Gasteiger charge is -2.21. The Labute approximate surface area is 107 Å². The van der Waals surface area contributed by atoms with Crippen molar-refractivity contribution in [3.63, 3.8) is 0 Å². The second-order valence-electron chi connectivity index (χ2n) is 4.83. The smallest absolute Gasteiger partial charge is 0.221 e. The fraction of sp³-hybridized carbons (Fsp3) is 0.500. The second kappa shape index (κ2) is 5.96. The highest BCUT2D eigenvalue weighted by molar-refractivity contribution is 5.76. The number of amides is 1. The van der Waals surface area contributed by atoms with Crippen molar-refractivity contribution in [3.05, 3.63) is 35.6 Å². The van der Waals surface area contributed by atoms with Gasteiger partial charge in [-0.1, -0.05) is 12.1 Å². The summed E-state index contributed by atoms with van der Waals surface area (Å²) in [6, 6.07) is 6.82. The van der Waals surface area contributed by atoms with Crippen LogP contribution >= 0.6 is 0 Å². The third kappa shape index (κ3) is 3.53. The maximum atomic E-state index is 12.8. The molecule has 4 heteroatoms. The van der Waals surface area contributed by atoms with Gasteiger partial charge in [-0.2, -0.15) is 0 Å². The molecule has 0 aliphatic carbocycles. The molecule has 0 bridgehead atoms. The summed E-state index contributed by atoms with van der Waals surface area (Å²) < 4.78 is 12.8. The Morgan fingerprint density at radius 3 is 2.83 bits per heavy atom. The number of hydrogen-bond acceptors (Lipinski definition) is 2. The van der Waals surface area contributed by atoms with Crippen molar-refractivity contribution in [3.8, 4) is 0 Å². The Morgan fingerprint density at radius 1 is 1.39 bits per heavy atom. The number of carbonyl (C=O) groups is 1. The fourth-order valence-corrected chi connectivity index (χ4v) is 2.32. The molecule has 1 aliphatic heterocycles. The molecule has 2 N–H and O–H groups in total. The minimum atomic E-state index is -0.222. The molecule has 2 unspecified atom stereocenters. The van der Waals surface area contributed by atoms with Gasteiger partial charge in [-0.3, -0.25) is 4.79 Å². The van der Waals surface area contributed by atoms with Gasteiger partial charge in [0.2, 0.25) is 5.91 Å². The molecular weight excluding hydrogens is 231 g/mol. The van der Waals surface area contributed by atoms with Crippen LogP contribution in [-0.2, 0) is 4.79 Å². The van der Waals surface area contributed by atoms with E-state index in [1.807, 2.05) is 6.92 Å². The van der Waals surface area contributed by atoms with E-state index in [0.717, 1.165) is 24.9 Å². The van der Waals surface area contributed by atoms with Gasteiger partial charge in [-0.25, -0.2) is 4.39 Å². The summed E-state index contributed by atoms with van der Waals surface area (Å²) in [5.74, 6) is -0.115. The van der Waals surface area contributed by atoms with Gasteiger partial charge in [0.25, 0.3) is 0 Å². The second-order valence-corrected chi connectivity index (χ2v) is 4.83. The van der Waals surface area contributed by atoms with Crippen molar-refractivity contribution >= 4 is 5.91 Å². The first-order chi connectivity index (χ1) is 8.65. The number of nitrogens with one attached hydrogen (secondary N) is 2. The van der Waals surface area contributed by atoms with Gasteiger partial charge >= 0.3 is 0 Å². The van der Waals surface area contributed by atoms with Crippen LogP contribution in [0.2, 0.25) is 0 Å². The van der Waals surface area contributed by atoms with Gasteiger partial charge in [-0.15, -0.1) is 0 Å². The molecule has 98 valence electrons. The number of benzene rings is 1. The predicted octanol–water partition coefficient (Wildman–Crippen LogP) is 2.14. The van der Waals surface area contributed by atoms with Crippen molar-refractivity contribution in [1.82, 2.24) is 10.6 Å². The molecule has 0 saturated carbocycles. The van der Waals surface area contributed by atoms with Gasteiger partial charge in [0.05, 0.1) is 0 Å². The van der Waals surface area contributed by atoms with Crippen LogP contribution in [0.25, 0.3) is 0 Å². The van der Waals surface area contributed by atoms with E-state index in [9.17, 15) is 9.18 Å². The summed E-state index contributed by atoms with van der Waals surface area (Å²) in [5.41, 5.74) is 1.04. The van der Waals surface area contributed by atoms with Crippen LogP contribution in [0.3, 0.4) is 0 Å². The Bertz CT molecular complexity index is 405. The SMILES string of the molecule is CC(NC1CCCNC(=O)C1)c1ccc(F)cc1. The Balaban J connectivity index is 1.95. The maximum absolute atomic E-state index is 12.8. The molecule has 1 heterocycles. The number of carbonyl (C=O) groups excluding carboxylic acids is 1. The molecule has 1 aliphatic rings. The van der Waals surface area contributed by atoms with Crippen molar-refractivity contribution in [1.29, 1.82) is 0 Å². The van der Waals surface area contributed by atoms with Crippen molar-refractivity contribution in [2.45, 2.75) is 38.3 Å². The van der Waals surface area contributed by atoms with Crippen LogP contribution < -0.4 is 10.6 Å². The third-order valence-electron chi connectivity index (χ3n) is 3.34. The fourth-order valence-electron chi connectivity index (χ4n) is 2.32. The predicted molar refractivity (Wildman–Crippen MR) is 68.6 cm³/mol. The molecule has 2 atom stereocenters. The zero-order chi connectivity index (χ0) is 13.0. The summed E-state index contributed by atoms with van der Waals surface area (Å²) >= 11 is 0. The lowest BCUT2D eigenvalue weighted by molar-refractivity contribution is -0.121. The zero-order valence-corrected chi connectivity index (χ0v) is 10.6. The molecule has 18 heavy (non-hydrogen) atoms. The minimum absolute atomic E-state index is 0.108. The van der Waals surface area contributed by atoms with Crippen molar-refractivity contribution in [2.75, 3.05) is 6.54 Å². The molecule has 0 spiro atoms. The van der Waals surface area contributed by atoms with Crippen LogP contribution in [0.4, 0.5) is 4.39 Å². The van der Waals surface area contributed by atoms with E-state index >= 15 is 0 Å². The summed E-state index contributed by atoms with van der Waals surface area (Å²) in [6.45, 7) is 2.80. The van der Waals surface area contributed by atoms with Crippen LogP contribution in [0.15, 0.2) is 24.3 Å². The molecule has 2 rings (SSSR count). The van der Waals surface area contributed by atoms with Gasteiger partial charge in [-0.05, 0) is 37.5 Å².